The lowest BCUT2D eigenvalue weighted by Gasteiger charge is -2.37. The molecule has 2 saturated carbocycles. The number of likely N-dealkylation sites (tertiary alicyclic amines) is 1. The Labute approximate surface area is 297 Å². The maximum Gasteiger partial charge on any atom is 0.254 e. The summed E-state index contributed by atoms with van der Waals surface area (Å²) in [5.41, 5.74) is 10.5. The number of hydrogen-bond acceptors (Lipinski definition) is 6. The second-order valence-electron chi connectivity index (χ2n) is 14.4. The van der Waals surface area contributed by atoms with Gasteiger partial charge in [-0.25, -0.2) is 19.3 Å². The van der Waals surface area contributed by atoms with E-state index in [4.69, 9.17) is 30.0 Å². The molecule has 1 saturated heterocycles. The molecule has 6 heterocycles. The first-order valence-corrected chi connectivity index (χ1v) is 18.1. The van der Waals surface area contributed by atoms with E-state index in [1.807, 2.05) is 29.7 Å². The van der Waals surface area contributed by atoms with E-state index in [-0.39, 0.29) is 29.5 Å². The van der Waals surface area contributed by atoms with Gasteiger partial charge in [-0.3, -0.25) is 9.59 Å². The Morgan fingerprint density at radius 3 is 2.72 bits per heavy atom. The standard InChI is InChI=1S/C38H40ClFN8O2/c1-20-29-12-7-22-18-32(46(35(22)44-29)14-4-2-3-5-30-26(37(49)42-20)11-13-33(39)43-30)36-45-31-17-23(16-27(40)34(31)48(36)24-9-10-24)38(50)47-19-28(41)21-6-8-25(47)15-21/h7,11-13,16-18,20-21,24-25,28H,2-6,8-10,14-15,19,41H2,1H3,(H,42,49)/t20-,21-,25+,28+/m1/s1/i19D2. The maximum atomic E-state index is 16.4. The Morgan fingerprint density at radius 2 is 1.88 bits per heavy atom. The molecule has 0 radical (unpaired) electrons. The quantitative estimate of drug-likeness (QED) is 0.201. The molecule has 10 nitrogen and oxygen atoms in total. The topological polar surface area (TPSA) is 124 Å². The zero-order valence-electron chi connectivity index (χ0n) is 29.8. The smallest absolute Gasteiger partial charge is 0.254 e. The highest BCUT2D eigenvalue weighted by Gasteiger charge is 2.41. The van der Waals surface area contributed by atoms with Crippen LogP contribution in [0.25, 0.3) is 33.6 Å². The van der Waals surface area contributed by atoms with Crippen molar-refractivity contribution in [3.63, 3.8) is 0 Å². The van der Waals surface area contributed by atoms with Crippen molar-refractivity contribution in [1.82, 2.24) is 34.3 Å². The predicted molar refractivity (Wildman–Crippen MR) is 190 cm³/mol. The number of aromatic nitrogens is 5. The number of hydrogen-bond donors (Lipinski definition) is 2. The van der Waals surface area contributed by atoms with Crippen LogP contribution in [0.3, 0.4) is 0 Å². The third kappa shape index (κ3) is 5.37. The van der Waals surface area contributed by atoms with E-state index in [0.29, 0.717) is 64.8 Å². The summed E-state index contributed by atoms with van der Waals surface area (Å²) in [5.74, 6) is -0.719. The average Bonchev–Trinajstić information content (AvgIpc) is 3.56. The highest BCUT2D eigenvalue weighted by molar-refractivity contribution is 6.29. The number of carbonyl (C=O) groups excluding carboxylic acids is 2. The predicted octanol–water partition coefficient (Wildman–Crippen LogP) is 6.74. The fraction of sp³-hybridized carbons (Fsp3) is 0.447. The summed E-state index contributed by atoms with van der Waals surface area (Å²) < 4.78 is 38.0. The molecule has 3 N–H and O–H groups in total. The van der Waals surface area contributed by atoms with Crippen molar-refractivity contribution in [1.29, 1.82) is 0 Å². The number of benzene rings is 1. The largest absolute Gasteiger partial charge is 0.344 e. The van der Waals surface area contributed by atoms with Gasteiger partial charge in [0.2, 0.25) is 0 Å². The molecule has 258 valence electrons. The van der Waals surface area contributed by atoms with Crippen LogP contribution in [0.5, 0.6) is 0 Å². The number of amides is 2. The number of imidazole rings is 1. The first-order chi connectivity index (χ1) is 25.0. The van der Waals surface area contributed by atoms with Gasteiger partial charge >= 0.3 is 0 Å². The van der Waals surface area contributed by atoms with Crippen LogP contribution in [-0.2, 0) is 13.0 Å². The fourth-order valence-corrected chi connectivity index (χ4v) is 8.38. The Hall–Kier alpha value is -4.35. The van der Waals surface area contributed by atoms with Gasteiger partial charge in [-0.05, 0) is 107 Å². The number of pyridine rings is 2. The van der Waals surface area contributed by atoms with E-state index in [2.05, 4.69) is 14.9 Å². The molecule has 5 aromatic rings. The van der Waals surface area contributed by atoms with Crippen LogP contribution in [0.2, 0.25) is 5.15 Å². The molecule has 3 fully saturated rings. The van der Waals surface area contributed by atoms with Gasteiger partial charge in [0, 0.05) is 42.1 Å². The monoisotopic (exact) mass is 696 g/mol. The highest BCUT2D eigenvalue weighted by Crippen LogP contribution is 2.44. The van der Waals surface area contributed by atoms with Crippen LogP contribution in [0.4, 0.5) is 4.39 Å². The van der Waals surface area contributed by atoms with Crippen LogP contribution in [0.1, 0.15) is 105 Å². The number of piperidine rings is 1. The normalized spacial score (nSPS) is 25.7. The Balaban J connectivity index is 1.13. The van der Waals surface area contributed by atoms with Crippen LogP contribution in [-0.4, -0.2) is 59.4 Å². The SMILES string of the molecule is [2H]C1([2H])[C@H](N)[C@@H]2CC[C@@H](C2)N1C(=O)c1cc(F)c2c(c1)nc(-c1cc3ccc4nc3n1CCCCCc1nc(Cl)ccc1C(=O)N[C@@H]4C)n2C1CC1. The number of nitrogens with two attached hydrogens (primary N) is 1. The van der Waals surface area contributed by atoms with Gasteiger partial charge in [0.25, 0.3) is 11.8 Å². The van der Waals surface area contributed by atoms with E-state index in [1.54, 1.807) is 18.2 Å². The summed E-state index contributed by atoms with van der Waals surface area (Å²) >= 11 is 6.22. The van der Waals surface area contributed by atoms with Crippen molar-refractivity contribution in [2.24, 2.45) is 11.7 Å². The van der Waals surface area contributed by atoms with Gasteiger partial charge < -0.3 is 25.1 Å². The van der Waals surface area contributed by atoms with Crippen LogP contribution in [0, 0.1) is 11.7 Å². The lowest BCUT2D eigenvalue weighted by atomic mass is 9.94. The number of carbonyl (C=O) groups is 2. The highest BCUT2D eigenvalue weighted by atomic mass is 35.5. The molecular weight excluding hydrogens is 655 g/mol. The van der Waals surface area contributed by atoms with Crippen molar-refractivity contribution in [3.8, 4) is 11.5 Å². The summed E-state index contributed by atoms with van der Waals surface area (Å²) in [7, 11) is 0. The summed E-state index contributed by atoms with van der Waals surface area (Å²) in [6, 6.07) is 10.7. The molecule has 0 unspecified atom stereocenters. The number of fused-ring (bicyclic) bond motifs is 5. The van der Waals surface area contributed by atoms with Crippen molar-refractivity contribution in [2.75, 3.05) is 6.50 Å². The van der Waals surface area contributed by atoms with Gasteiger partial charge in [-0.15, -0.1) is 0 Å². The van der Waals surface area contributed by atoms with Crippen molar-refractivity contribution in [3.05, 3.63) is 75.9 Å². The Morgan fingerprint density at radius 1 is 1.04 bits per heavy atom. The molecule has 2 aliphatic heterocycles. The van der Waals surface area contributed by atoms with E-state index >= 15 is 4.39 Å². The zero-order valence-corrected chi connectivity index (χ0v) is 28.6. The van der Waals surface area contributed by atoms with Gasteiger partial charge in [-0.1, -0.05) is 18.0 Å². The molecule has 50 heavy (non-hydrogen) atoms. The fourth-order valence-electron chi connectivity index (χ4n) is 8.22. The van der Waals surface area contributed by atoms with Crippen LogP contribution in [0.15, 0.2) is 42.5 Å². The molecular formula is C38H40ClFN8O2. The first-order valence-electron chi connectivity index (χ1n) is 18.8. The minimum Gasteiger partial charge on any atom is -0.344 e. The second-order valence-corrected chi connectivity index (χ2v) is 14.8. The van der Waals surface area contributed by atoms with E-state index in [0.717, 1.165) is 55.3 Å². The minimum absolute atomic E-state index is 0.0314. The molecule has 4 aromatic heterocycles. The van der Waals surface area contributed by atoms with Crippen molar-refractivity contribution in [2.45, 2.75) is 95.4 Å². The number of nitrogens with one attached hydrogen (secondary N) is 1. The number of aryl methyl sites for hydroxylation is 2. The number of halogens is 2. The number of rotatable bonds is 3. The molecule has 4 atom stereocenters. The first kappa shape index (κ1) is 29.4. The third-order valence-electron chi connectivity index (χ3n) is 11.0. The number of nitrogens with zero attached hydrogens (tertiary/aromatic N) is 6. The van der Waals surface area contributed by atoms with Crippen LogP contribution >= 0.6 is 11.6 Å². The summed E-state index contributed by atoms with van der Waals surface area (Å²) in [5, 5.41) is 4.34. The van der Waals surface area contributed by atoms with Gasteiger partial charge in [0.15, 0.2) is 5.82 Å². The van der Waals surface area contributed by atoms with Crippen molar-refractivity contribution < 1.29 is 16.7 Å². The van der Waals surface area contributed by atoms with Gasteiger partial charge in [0.1, 0.15) is 22.1 Å². The third-order valence-corrected chi connectivity index (χ3v) is 11.2. The molecule has 12 heteroatoms. The zero-order chi connectivity index (χ0) is 36.1. The lowest BCUT2D eigenvalue weighted by Crippen LogP contribution is -2.51. The molecule has 0 spiro atoms. The van der Waals surface area contributed by atoms with E-state index < -0.39 is 30.3 Å². The van der Waals surface area contributed by atoms with Crippen LogP contribution < -0.4 is 11.1 Å². The van der Waals surface area contributed by atoms with Gasteiger partial charge in [-0.2, -0.15) is 0 Å². The molecule has 2 amide bonds. The summed E-state index contributed by atoms with van der Waals surface area (Å²) in [4.78, 5) is 43.3. The Bertz CT molecular complexity index is 2290. The van der Waals surface area contributed by atoms with E-state index in [9.17, 15) is 9.59 Å². The summed E-state index contributed by atoms with van der Waals surface area (Å²) in [6.45, 7) is 0.500. The van der Waals surface area contributed by atoms with E-state index in [1.165, 1.54) is 11.0 Å². The second kappa shape index (κ2) is 12.2. The molecule has 1 aromatic carbocycles. The van der Waals surface area contributed by atoms with Gasteiger partial charge in [0.05, 0.1) is 36.9 Å². The van der Waals surface area contributed by atoms with Crippen molar-refractivity contribution >= 4 is 45.5 Å². The Kier molecular flexibility index (Phi) is 7.15. The maximum absolute atomic E-state index is 16.4. The molecule has 4 aliphatic rings. The molecule has 9 rings (SSSR count). The molecule has 2 aliphatic carbocycles. The average molecular weight is 697 g/mol. The minimum atomic E-state index is -2.04. The lowest BCUT2D eigenvalue weighted by molar-refractivity contribution is 0.0603. The molecule has 4 bridgehead atoms. The summed E-state index contributed by atoms with van der Waals surface area (Å²) in [6.07, 6.45) is 6.97.